The van der Waals surface area contributed by atoms with Gasteiger partial charge in [0.25, 0.3) is 0 Å². The highest BCUT2D eigenvalue weighted by molar-refractivity contribution is 7.91. The number of anilines is 1. The van der Waals surface area contributed by atoms with Gasteiger partial charge in [-0.15, -0.1) is 0 Å². The summed E-state index contributed by atoms with van der Waals surface area (Å²) in [5.74, 6) is 0.267. The van der Waals surface area contributed by atoms with E-state index < -0.39 is 19.9 Å². The Morgan fingerprint density at radius 1 is 1.19 bits per heavy atom. The van der Waals surface area contributed by atoms with Crippen LogP contribution >= 0.6 is 0 Å². The highest BCUT2D eigenvalue weighted by Gasteiger charge is 2.32. The molecule has 1 amide bonds. The number of sulfone groups is 1. The Morgan fingerprint density at radius 3 is 2.44 bits per heavy atom. The highest BCUT2D eigenvalue weighted by Crippen LogP contribution is 2.29. The summed E-state index contributed by atoms with van der Waals surface area (Å²) in [4.78, 5) is 13.7. The fraction of sp³-hybridized carbons (Fsp3) is 0.524. The first-order valence-electron chi connectivity index (χ1n) is 10.6. The number of aryl methyl sites for hydroxylation is 1. The van der Waals surface area contributed by atoms with Crippen LogP contribution in [0.2, 0.25) is 0 Å². The van der Waals surface area contributed by atoms with Crippen LogP contribution in [0.5, 0.6) is 0 Å². The van der Waals surface area contributed by atoms with Crippen LogP contribution in [0.25, 0.3) is 0 Å². The molecule has 9 nitrogen and oxygen atoms in total. The number of rotatable bonds is 6. The van der Waals surface area contributed by atoms with Crippen LogP contribution in [0.15, 0.2) is 29.2 Å². The van der Waals surface area contributed by atoms with Crippen molar-refractivity contribution in [3.8, 4) is 0 Å². The van der Waals surface area contributed by atoms with Crippen LogP contribution in [0, 0.1) is 13.8 Å². The van der Waals surface area contributed by atoms with Gasteiger partial charge in [0.2, 0.25) is 15.9 Å². The molecule has 2 aliphatic heterocycles. The lowest BCUT2D eigenvalue weighted by atomic mass is 10.2. The van der Waals surface area contributed by atoms with Crippen molar-refractivity contribution in [1.29, 1.82) is 0 Å². The van der Waals surface area contributed by atoms with Gasteiger partial charge in [-0.25, -0.2) is 16.8 Å². The summed E-state index contributed by atoms with van der Waals surface area (Å²) in [5, 5.41) is 4.52. The van der Waals surface area contributed by atoms with Crippen molar-refractivity contribution in [1.82, 2.24) is 14.1 Å². The molecule has 1 aromatic carbocycles. The van der Waals surface area contributed by atoms with Gasteiger partial charge in [0.15, 0.2) is 9.84 Å². The molecule has 2 aromatic rings. The fourth-order valence-corrected chi connectivity index (χ4v) is 7.29. The van der Waals surface area contributed by atoms with E-state index in [0.29, 0.717) is 30.8 Å². The van der Waals surface area contributed by atoms with Crippen LogP contribution in [0.1, 0.15) is 42.3 Å². The molecule has 0 saturated carbocycles. The average molecular weight is 481 g/mol. The predicted octanol–water partition coefficient (Wildman–Crippen LogP) is 1.81. The predicted molar refractivity (Wildman–Crippen MR) is 121 cm³/mol. The number of carbonyl (C=O) groups excluding carboxylic acids is 1. The summed E-state index contributed by atoms with van der Waals surface area (Å²) in [6.45, 7) is 4.44. The molecule has 174 valence electrons. The van der Waals surface area contributed by atoms with Crippen molar-refractivity contribution in [2.75, 3.05) is 30.0 Å². The zero-order chi connectivity index (χ0) is 23.3. The van der Waals surface area contributed by atoms with Crippen LogP contribution in [0.4, 0.5) is 5.69 Å². The van der Waals surface area contributed by atoms with Gasteiger partial charge in [-0.05, 0) is 51.0 Å². The molecule has 0 spiro atoms. The third kappa shape index (κ3) is 4.20. The third-order valence-electron chi connectivity index (χ3n) is 6.34. The second-order valence-electron chi connectivity index (χ2n) is 8.55. The maximum atomic E-state index is 13.1. The largest absolute Gasteiger partial charge is 0.312 e. The topological polar surface area (TPSA) is 110 Å². The summed E-state index contributed by atoms with van der Waals surface area (Å²) in [6.07, 6.45) is 1.84. The summed E-state index contributed by atoms with van der Waals surface area (Å²) in [7, 11) is -5.29. The Morgan fingerprint density at radius 2 is 1.88 bits per heavy atom. The van der Waals surface area contributed by atoms with Crippen molar-refractivity contribution in [2.24, 2.45) is 0 Å². The van der Waals surface area contributed by atoms with E-state index in [1.807, 2.05) is 13.8 Å². The molecule has 11 heteroatoms. The van der Waals surface area contributed by atoms with Crippen LogP contribution in [-0.2, 0) is 31.2 Å². The number of hydrogen-bond acceptors (Lipinski definition) is 6. The maximum Gasteiger partial charge on any atom is 0.243 e. The molecule has 2 saturated heterocycles. The van der Waals surface area contributed by atoms with E-state index in [9.17, 15) is 21.6 Å². The molecule has 3 heterocycles. The summed E-state index contributed by atoms with van der Waals surface area (Å²) in [5.41, 5.74) is 2.96. The molecule has 1 aromatic heterocycles. The van der Waals surface area contributed by atoms with Gasteiger partial charge in [0.1, 0.15) is 0 Å². The Balaban J connectivity index is 1.53. The van der Waals surface area contributed by atoms with Gasteiger partial charge in [0, 0.05) is 43.5 Å². The van der Waals surface area contributed by atoms with E-state index in [1.54, 1.807) is 21.7 Å². The molecule has 0 radical (unpaired) electrons. The first-order valence-corrected chi connectivity index (χ1v) is 13.9. The Hall–Kier alpha value is -2.24. The molecule has 32 heavy (non-hydrogen) atoms. The van der Waals surface area contributed by atoms with E-state index in [-0.39, 0.29) is 34.9 Å². The third-order valence-corrected chi connectivity index (χ3v) is 9.91. The monoisotopic (exact) mass is 480 g/mol. The van der Waals surface area contributed by atoms with Gasteiger partial charge in [-0.3, -0.25) is 9.48 Å². The lowest BCUT2D eigenvalue weighted by Crippen LogP contribution is -2.27. The molecular formula is C21H28N4O5S2. The fourth-order valence-electron chi connectivity index (χ4n) is 4.46. The number of nitrogens with zero attached hydrogens (tertiary/aromatic N) is 4. The van der Waals surface area contributed by atoms with Crippen molar-refractivity contribution < 1.29 is 21.6 Å². The molecule has 2 aliphatic rings. The number of carbonyl (C=O) groups is 1. The van der Waals surface area contributed by atoms with Gasteiger partial charge in [-0.2, -0.15) is 9.40 Å². The van der Waals surface area contributed by atoms with Gasteiger partial charge >= 0.3 is 0 Å². The second-order valence-corrected chi connectivity index (χ2v) is 12.8. The summed E-state index contributed by atoms with van der Waals surface area (Å²) in [6, 6.07) is 6.17. The van der Waals surface area contributed by atoms with Crippen LogP contribution in [0.3, 0.4) is 0 Å². The van der Waals surface area contributed by atoms with Gasteiger partial charge in [0.05, 0.1) is 28.1 Å². The molecule has 0 N–H and O–H groups in total. The van der Waals surface area contributed by atoms with E-state index in [0.717, 1.165) is 17.7 Å². The standard InChI is InChI=1S/C21H28N4O5S2/c1-15-20(16(2)25(22-15)18-10-12-31(27,28)14-18)13-23(3)32(29,30)19-8-6-17(7-9-19)24-11-4-5-21(24)26/h6-9,18H,4-5,10-14H2,1-3H3. The minimum absolute atomic E-state index is 0.0516. The number of amides is 1. The second kappa shape index (κ2) is 8.27. The van der Waals surface area contributed by atoms with Crippen molar-refractivity contribution >= 4 is 31.5 Å². The number of sulfonamides is 1. The highest BCUT2D eigenvalue weighted by atomic mass is 32.2. The smallest absolute Gasteiger partial charge is 0.243 e. The van der Waals surface area contributed by atoms with E-state index in [2.05, 4.69) is 5.10 Å². The van der Waals surface area contributed by atoms with E-state index in [1.165, 1.54) is 23.5 Å². The molecular weight excluding hydrogens is 452 g/mol. The first kappa shape index (κ1) is 22.9. The Kier molecular flexibility index (Phi) is 5.93. The molecule has 2 fully saturated rings. The molecule has 1 atom stereocenters. The van der Waals surface area contributed by atoms with Crippen molar-refractivity contribution in [3.63, 3.8) is 0 Å². The maximum absolute atomic E-state index is 13.1. The van der Waals surface area contributed by atoms with Crippen molar-refractivity contribution in [2.45, 2.75) is 50.6 Å². The molecule has 4 rings (SSSR count). The molecule has 0 bridgehead atoms. The lowest BCUT2D eigenvalue weighted by Gasteiger charge is -2.19. The zero-order valence-corrected chi connectivity index (χ0v) is 20.1. The average Bonchev–Trinajstić information content (AvgIpc) is 3.40. The molecule has 0 aliphatic carbocycles. The quantitative estimate of drug-likeness (QED) is 0.624. The Labute approximate surface area is 189 Å². The minimum Gasteiger partial charge on any atom is -0.312 e. The van der Waals surface area contributed by atoms with Crippen LogP contribution in [-0.4, -0.2) is 61.9 Å². The summed E-state index contributed by atoms with van der Waals surface area (Å²) >= 11 is 0. The lowest BCUT2D eigenvalue weighted by molar-refractivity contribution is -0.117. The van der Waals surface area contributed by atoms with E-state index >= 15 is 0 Å². The van der Waals surface area contributed by atoms with Crippen molar-refractivity contribution in [3.05, 3.63) is 41.2 Å². The van der Waals surface area contributed by atoms with Gasteiger partial charge < -0.3 is 4.90 Å². The molecule has 1 unspecified atom stereocenters. The number of benzene rings is 1. The zero-order valence-electron chi connectivity index (χ0n) is 18.5. The number of aromatic nitrogens is 2. The van der Waals surface area contributed by atoms with Crippen LogP contribution < -0.4 is 4.90 Å². The first-order chi connectivity index (χ1) is 15.0. The normalized spacial score (nSPS) is 21.1. The van der Waals surface area contributed by atoms with Gasteiger partial charge in [-0.1, -0.05) is 0 Å². The summed E-state index contributed by atoms with van der Waals surface area (Å²) < 4.78 is 53.0. The number of hydrogen-bond donors (Lipinski definition) is 0. The minimum atomic E-state index is -3.76. The SMILES string of the molecule is Cc1nn(C2CCS(=O)(=O)C2)c(C)c1CN(C)S(=O)(=O)c1ccc(N2CCCC2=O)cc1. The van der Waals surface area contributed by atoms with E-state index in [4.69, 9.17) is 0 Å². The Bertz CT molecular complexity index is 1250.